The van der Waals surface area contributed by atoms with Crippen molar-refractivity contribution >= 4 is 17.5 Å². The number of aromatic hydroxyl groups is 1. The summed E-state index contributed by atoms with van der Waals surface area (Å²) in [5, 5.41) is 22.0. The van der Waals surface area contributed by atoms with Gasteiger partial charge in [-0.3, -0.25) is 24.6 Å². The molecule has 7 nitrogen and oxygen atoms in total. The number of phenols is 1. The standard InChI is InChI=1S/C28H32N2O5/c1-16(2)20-12-17-6-9-24-27(3,10-5-11-28(24,4)22(17)14-23(20)31)15-29-25(32)19-8-7-18(30(34)35)13-21(19)26(29)33/h7-8,12-14,16,24,31H,5-6,9-11,15H2,1-4H3/t24-,27-,28+/m0/s1. The van der Waals surface area contributed by atoms with Crippen LogP contribution < -0.4 is 0 Å². The molecule has 3 atom stereocenters. The Morgan fingerprint density at radius 2 is 1.83 bits per heavy atom. The summed E-state index contributed by atoms with van der Waals surface area (Å²) in [4.78, 5) is 38.4. The molecular weight excluding hydrogens is 444 g/mol. The molecule has 1 heterocycles. The second-order valence-corrected chi connectivity index (χ2v) is 11.4. The minimum atomic E-state index is -0.547. The number of fused-ring (bicyclic) bond motifs is 4. The Hall–Kier alpha value is -3.22. The highest BCUT2D eigenvalue weighted by atomic mass is 16.6. The van der Waals surface area contributed by atoms with Crippen molar-refractivity contribution in [3.8, 4) is 5.75 Å². The fraction of sp³-hybridized carbons (Fsp3) is 0.500. The summed E-state index contributed by atoms with van der Waals surface area (Å²) in [6.45, 7) is 8.91. The first-order chi connectivity index (χ1) is 16.5. The van der Waals surface area contributed by atoms with Crippen LogP contribution in [-0.4, -0.2) is 33.3 Å². The Bertz CT molecular complexity index is 1270. The lowest BCUT2D eigenvalue weighted by molar-refractivity contribution is -0.384. The van der Waals surface area contributed by atoms with Gasteiger partial charge in [0.25, 0.3) is 17.5 Å². The zero-order chi connectivity index (χ0) is 25.3. The third-order valence-corrected chi connectivity index (χ3v) is 8.93. The van der Waals surface area contributed by atoms with Crippen molar-refractivity contribution in [1.29, 1.82) is 0 Å². The summed E-state index contributed by atoms with van der Waals surface area (Å²) < 4.78 is 0. The molecular formula is C28H32N2O5. The molecule has 2 amide bonds. The molecule has 1 N–H and O–H groups in total. The van der Waals surface area contributed by atoms with Gasteiger partial charge in [0.05, 0.1) is 16.1 Å². The number of nitro benzene ring substituents is 1. The zero-order valence-electron chi connectivity index (χ0n) is 20.8. The lowest BCUT2D eigenvalue weighted by atomic mass is 9.49. The van der Waals surface area contributed by atoms with Gasteiger partial charge >= 0.3 is 0 Å². The summed E-state index contributed by atoms with van der Waals surface area (Å²) >= 11 is 0. The molecule has 7 heteroatoms. The van der Waals surface area contributed by atoms with E-state index in [-0.39, 0.29) is 45.4 Å². The molecule has 2 aliphatic carbocycles. The molecule has 1 aliphatic heterocycles. The van der Waals surface area contributed by atoms with Crippen molar-refractivity contribution in [2.45, 2.75) is 71.1 Å². The molecule has 0 unspecified atom stereocenters. The van der Waals surface area contributed by atoms with Crippen LogP contribution in [0.2, 0.25) is 0 Å². The largest absolute Gasteiger partial charge is 0.508 e. The van der Waals surface area contributed by atoms with E-state index in [2.05, 4.69) is 33.8 Å². The zero-order valence-corrected chi connectivity index (χ0v) is 20.8. The highest BCUT2D eigenvalue weighted by molar-refractivity contribution is 6.21. The van der Waals surface area contributed by atoms with E-state index in [9.17, 15) is 24.8 Å². The van der Waals surface area contributed by atoms with E-state index < -0.39 is 10.8 Å². The molecule has 0 radical (unpaired) electrons. The van der Waals surface area contributed by atoms with Crippen LogP contribution in [0.5, 0.6) is 5.75 Å². The van der Waals surface area contributed by atoms with Gasteiger partial charge in [-0.05, 0) is 77.2 Å². The molecule has 0 bridgehead atoms. The van der Waals surface area contributed by atoms with Gasteiger partial charge in [0.1, 0.15) is 5.75 Å². The van der Waals surface area contributed by atoms with Crippen LogP contribution in [0, 0.1) is 21.4 Å². The molecule has 0 aromatic heterocycles. The number of benzene rings is 2. The molecule has 1 fully saturated rings. The number of hydrogen-bond acceptors (Lipinski definition) is 5. The third kappa shape index (κ3) is 3.46. The van der Waals surface area contributed by atoms with E-state index in [4.69, 9.17) is 0 Å². The van der Waals surface area contributed by atoms with Gasteiger partial charge < -0.3 is 5.11 Å². The molecule has 1 saturated carbocycles. The van der Waals surface area contributed by atoms with Crippen LogP contribution in [-0.2, 0) is 11.8 Å². The number of phenolic OH excluding ortho intramolecular Hbond substituents is 1. The maximum Gasteiger partial charge on any atom is 0.270 e. The van der Waals surface area contributed by atoms with Gasteiger partial charge in [0, 0.05) is 18.7 Å². The van der Waals surface area contributed by atoms with Gasteiger partial charge in [-0.2, -0.15) is 0 Å². The van der Waals surface area contributed by atoms with Crippen LogP contribution in [0.15, 0.2) is 30.3 Å². The number of aryl methyl sites for hydroxylation is 1. The average molecular weight is 477 g/mol. The molecule has 0 saturated heterocycles. The third-order valence-electron chi connectivity index (χ3n) is 8.93. The first-order valence-electron chi connectivity index (χ1n) is 12.5. The smallest absolute Gasteiger partial charge is 0.270 e. The fourth-order valence-corrected chi connectivity index (χ4v) is 7.21. The van der Waals surface area contributed by atoms with Crippen LogP contribution in [0.4, 0.5) is 5.69 Å². The predicted octanol–water partition coefficient (Wildman–Crippen LogP) is 5.73. The minimum Gasteiger partial charge on any atom is -0.508 e. The van der Waals surface area contributed by atoms with Gasteiger partial charge in [-0.15, -0.1) is 0 Å². The maximum absolute atomic E-state index is 13.2. The number of non-ortho nitro benzene ring substituents is 1. The highest BCUT2D eigenvalue weighted by Gasteiger charge is 2.54. The number of amides is 2. The van der Waals surface area contributed by atoms with Crippen molar-refractivity contribution in [2.24, 2.45) is 11.3 Å². The number of hydrogen-bond donors (Lipinski definition) is 1. The Morgan fingerprint density at radius 1 is 1.11 bits per heavy atom. The number of nitro groups is 1. The van der Waals surface area contributed by atoms with Crippen molar-refractivity contribution in [3.05, 3.63) is 68.3 Å². The van der Waals surface area contributed by atoms with E-state index in [1.54, 1.807) is 0 Å². The van der Waals surface area contributed by atoms with E-state index in [1.165, 1.54) is 34.2 Å². The van der Waals surface area contributed by atoms with E-state index in [0.29, 0.717) is 12.3 Å². The van der Waals surface area contributed by atoms with Gasteiger partial charge in [-0.25, -0.2) is 0 Å². The van der Waals surface area contributed by atoms with E-state index >= 15 is 0 Å². The van der Waals surface area contributed by atoms with Crippen LogP contribution in [0.25, 0.3) is 0 Å². The second kappa shape index (κ2) is 7.90. The Kier molecular flexibility index (Phi) is 5.31. The molecule has 5 rings (SSSR count). The lowest BCUT2D eigenvalue weighted by Gasteiger charge is -2.56. The number of carbonyl (C=O) groups excluding carboxylic acids is 2. The Labute approximate surface area is 205 Å². The molecule has 0 spiro atoms. The van der Waals surface area contributed by atoms with Crippen molar-refractivity contribution in [3.63, 3.8) is 0 Å². The number of rotatable bonds is 4. The number of carbonyl (C=O) groups is 2. The summed E-state index contributed by atoms with van der Waals surface area (Å²) in [7, 11) is 0. The van der Waals surface area contributed by atoms with Gasteiger partial charge in [-0.1, -0.05) is 40.2 Å². The summed E-state index contributed by atoms with van der Waals surface area (Å²) in [5.41, 5.74) is 3.18. The van der Waals surface area contributed by atoms with Gasteiger partial charge in [0.2, 0.25) is 0 Å². The molecule has 2 aromatic rings. The van der Waals surface area contributed by atoms with Crippen molar-refractivity contribution in [2.75, 3.05) is 6.54 Å². The second-order valence-electron chi connectivity index (χ2n) is 11.4. The predicted molar refractivity (Wildman–Crippen MR) is 132 cm³/mol. The summed E-state index contributed by atoms with van der Waals surface area (Å²) in [6.07, 6.45) is 4.71. The minimum absolute atomic E-state index is 0.117. The highest BCUT2D eigenvalue weighted by Crippen LogP contribution is 2.58. The first-order valence-corrected chi connectivity index (χ1v) is 12.5. The lowest BCUT2D eigenvalue weighted by Crippen LogP contribution is -2.54. The SMILES string of the molecule is CC(C)c1cc2c(cc1O)[C@@]1(C)CCC[C@@](C)(CN3C(=O)c4ccc([N+](=O)[O-])cc4C3=O)[C@@H]1CC2. The Balaban J connectivity index is 1.48. The maximum atomic E-state index is 13.2. The molecule has 3 aliphatic rings. The van der Waals surface area contributed by atoms with Crippen molar-refractivity contribution < 1.29 is 19.6 Å². The molecule has 184 valence electrons. The fourth-order valence-electron chi connectivity index (χ4n) is 7.21. The van der Waals surface area contributed by atoms with E-state index in [0.717, 1.165) is 37.7 Å². The monoisotopic (exact) mass is 476 g/mol. The number of nitrogens with zero attached hydrogens (tertiary/aromatic N) is 2. The summed E-state index contributed by atoms with van der Waals surface area (Å²) in [5.74, 6) is 0.00241. The number of imide groups is 1. The first kappa shape index (κ1) is 23.5. The van der Waals surface area contributed by atoms with Crippen LogP contribution in [0.3, 0.4) is 0 Å². The van der Waals surface area contributed by atoms with Crippen LogP contribution >= 0.6 is 0 Å². The quantitative estimate of drug-likeness (QED) is 0.345. The average Bonchev–Trinajstić information content (AvgIpc) is 3.03. The summed E-state index contributed by atoms with van der Waals surface area (Å²) in [6, 6.07) is 8.02. The van der Waals surface area contributed by atoms with E-state index in [1.807, 2.05) is 6.07 Å². The topological polar surface area (TPSA) is 101 Å². The van der Waals surface area contributed by atoms with Gasteiger partial charge in [0.15, 0.2) is 0 Å². The molecule has 2 aromatic carbocycles. The molecule has 35 heavy (non-hydrogen) atoms. The normalized spacial score (nSPS) is 27.6. The Morgan fingerprint density at radius 3 is 2.51 bits per heavy atom. The van der Waals surface area contributed by atoms with Crippen LogP contribution in [0.1, 0.15) is 96.7 Å². The van der Waals surface area contributed by atoms with Crippen molar-refractivity contribution in [1.82, 2.24) is 4.90 Å².